The number of nitrogens with zero attached hydrogens (tertiary/aromatic N) is 2. The number of hydrogen-bond donors (Lipinski definition) is 2. The van der Waals surface area contributed by atoms with Crippen molar-refractivity contribution in [2.75, 3.05) is 32.1 Å². The lowest BCUT2D eigenvalue weighted by molar-refractivity contribution is 0.242. The minimum Gasteiger partial charge on any atom is -0.495 e. The second-order valence-electron chi connectivity index (χ2n) is 7.48. The highest BCUT2D eigenvalue weighted by atomic mass is 16.5. The van der Waals surface area contributed by atoms with E-state index in [0.29, 0.717) is 12.6 Å². The molecule has 1 fully saturated rings. The van der Waals surface area contributed by atoms with E-state index in [1.165, 1.54) is 5.56 Å². The third-order valence-electron chi connectivity index (χ3n) is 4.93. The molecule has 0 spiro atoms. The van der Waals surface area contributed by atoms with Crippen LogP contribution in [0, 0.1) is 0 Å². The zero-order valence-electron chi connectivity index (χ0n) is 17.8. The standard InChI is InChI=1S/C23H32N4O2/c1-17(2)29-20-11-9-18(10-12-20)15-25-23(24-3)26-19-13-14-27(16-19)21-7-5-6-8-22(21)28-4/h5-12,17,19H,13-16H2,1-4H3,(H2,24,25,26). The number of nitrogens with one attached hydrogen (secondary N) is 2. The molecule has 1 heterocycles. The maximum atomic E-state index is 5.70. The minimum absolute atomic E-state index is 0.184. The van der Waals surface area contributed by atoms with Crippen LogP contribution in [0.15, 0.2) is 53.5 Å². The number of para-hydroxylation sites is 2. The zero-order valence-corrected chi connectivity index (χ0v) is 17.8. The van der Waals surface area contributed by atoms with Crippen molar-refractivity contribution >= 4 is 11.6 Å². The number of anilines is 1. The Balaban J connectivity index is 1.50. The molecule has 1 aliphatic heterocycles. The van der Waals surface area contributed by atoms with E-state index in [9.17, 15) is 0 Å². The molecule has 3 rings (SSSR count). The van der Waals surface area contributed by atoms with Gasteiger partial charge in [0.25, 0.3) is 0 Å². The first kappa shape index (κ1) is 20.8. The Bertz CT molecular complexity index is 805. The van der Waals surface area contributed by atoms with Crippen molar-refractivity contribution in [3.8, 4) is 11.5 Å². The molecule has 2 aromatic rings. The molecular formula is C23H32N4O2. The average Bonchev–Trinajstić information content (AvgIpc) is 3.20. The van der Waals surface area contributed by atoms with Gasteiger partial charge in [0.15, 0.2) is 5.96 Å². The summed E-state index contributed by atoms with van der Waals surface area (Å²) in [4.78, 5) is 6.74. The van der Waals surface area contributed by atoms with Gasteiger partial charge < -0.3 is 25.0 Å². The van der Waals surface area contributed by atoms with Gasteiger partial charge in [0, 0.05) is 32.7 Å². The van der Waals surface area contributed by atoms with Gasteiger partial charge in [-0.3, -0.25) is 4.99 Å². The molecule has 29 heavy (non-hydrogen) atoms. The monoisotopic (exact) mass is 396 g/mol. The number of rotatable bonds is 7. The SMILES string of the molecule is CN=C(NCc1ccc(OC(C)C)cc1)NC1CCN(c2ccccc2OC)C1. The van der Waals surface area contributed by atoms with E-state index in [1.54, 1.807) is 7.11 Å². The van der Waals surface area contributed by atoms with E-state index < -0.39 is 0 Å². The topological polar surface area (TPSA) is 58.1 Å². The summed E-state index contributed by atoms with van der Waals surface area (Å²) in [5, 5.41) is 6.95. The zero-order chi connectivity index (χ0) is 20.6. The van der Waals surface area contributed by atoms with Gasteiger partial charge in [0.05, 0.1) is 18.9 Å². The lowest BCUT2D eigenvalue weighted by Crippen LogP contribution is -2.44. The molecular weight excluding hydrogens is 364 g/mol. The van der Waals surface area contributed by atoms with Gasteiger partial charge >= 0.3 is 0 Å². The van der Waals surface area contributed by atoms with E-state index in [0.717, 1.165) is 42.7 Å². The molecule has 0 bridgehead atoms. The lowest BCUT2D eigenvalue weighted by Gasteiger charge is -2.22. The van der Waals surface area contributed by atoms with Crippen LogP contribution in [-0.2, 0) is 6.54 Å². The smallest absolute Gasteiger partial charge is 0.191 e. The lowest BCUT2D eigenvalue weighted by atomic mass is 10.2. The molecule has 6 heteroatoms. The van der Waals surface area contributed by atoms with Crippen LogP contribution >= 0.6 is 0 Å². The van der Waals surface area contributed by atoms with Crippen molar-refractivity contribution in [3.05, 3.63) is 54.1 Å². The van der Waals surface area contributed by atoms with Crippen molar-refractivity contribution < 1.29 is 9.47 Å². The summed E-state index contributed by atoms with van der Waals surface area (Å²) in [5.74, 6) is 2.63. The molecule has 1 unspecified atom stereocenters. The van der Waals surface area contributed by atoms with E-state index in [-0.39, 0.29) is 6.10 Å². The molecule has 0 amide bonds. The second-order valence-corrected chi connectivity index (χ2v) is 7.48. The Hall–Kier alpha value is -2.89. The largest absolute Gasteiger partial charge is 0.495 e. The highest BCUT2D eigenvalue weighted by molar-refractivity contribution is 5.80. The molecule has 2 N–H and O–H groups in total. The predicted octanol–water partition coefficient (Wildman–Crippen LogP) is 3.43. The molecule has 0 saturated carbocycles. The Morgan fingerprint density at radius 3 is 2.62 bits per heavy atom. The van der Waals surface area contributed by atoms with E-state index in [4.69, 9.17) is 9.47 Å². The Morgan fingerprint density at radius 1 is 1.17 bits per heavy atom. The number of methoxy groups -OCH3 is 1. The number of guanidine groups is 1. The third-order valence-corrected chi connectivity index (χ3v) is 4.93. The quantitative estimate of drug-likeness (QED) is 0.555. The van der Waals surface area contributed by atoms with Gasteiger partial charge in [-0.2, -0.15) is 0 Å². The first-order valence-corrected chi connectivity index (χ1v) is 10.2. The van der Waals surface area contributed by atoms with Crippen LogP contribution in [0.3, 0.4) is 0 Å². The fourth-order valence-electron chi connectivity index (χ4n) is 3.52. The summed E-state index contributed by atoms with van der Waals surface area (Å²) in [6, 6.07) is 16.7. The molecule has 0 radical (unpaired) electrons. The molecule has 2 aromatic carbocycles. The molecule has 0 aliphatic carbocycles. The van der Waals surface area contributed by atoms with Crippen LogP contribution < -0.4 is 25.0 Å². The van der Waals surface area contributed by atoms with Gasteiger partial charge in [-0.15, -0.1) is 0 Å². The number of hydrogen-bond acceptors (Lipinski definition) is 4. The van der Waals surface area contributed by atoms with Crippen LogP contribution in [0.4, 0.5) is 5.69 Å². The molecule has 6 nitrogen and oxygen atoms in total. The highest BCUT2D eigenvalue weighted by Crippen LogP contribution is 2.30. The van der Waals surface area contributed by atoms with Crippen LogP contribution in [0.25, 0.3) is 0 Å². The van der Waals surface area contributed by atoms with Crippen molar-refractivity contribution in [3.63, 3.8) is 0 Å². The van der Waals surface area contributed by atoms with Crippen molar-refractivity contribution in [1.82, 2.24) is 10.6 Å². The summed E-state index contributed by atoms with van der Waals surface area (Å²) >= 11 is 0. The Kier molecular flexibility index (Phi) is 7.22. The molecule has 1 atom stereocenters. The summed E-state index contributed by atoms with van der Waals surface area (Å²) in [5.41, 5.74) is 2.33. The predicted molar refractivity (Wildman–Crippen MR) is 119 cm³/mol. The first-order chi connectivity index (χ1) is 14.1. The molecule has 1 aliphatic rings. The van der Waals surface area contributed by atoms with Gasteiger partial charge in [-0.1, -0.05) is 24.3 Å². The average molecular weight is 397 g/mol. The van der Waals surface area contributed by atoms with E-state index in [1.807, 2.05) is 45.2 Å². The molecule has 156 valence electrons. The third kappa shape index (κ3) is 5.79. The summed E-state index contributed by atoms with van der Waals surface area (Å²) < 4.78 is 11.2. The minimum atomic E-state index is 0.184. The fraction of sp³-hybridized carbons (Fsp3) is 0.435. The van der Waals surface area contributed by atoms with Crippen LogP contribution in [-0.4, -0.2) is 45.4 Å². The van der Waals surface area contributed by atoms with Gasteiger partial charge in [-0.05, 0) is 50.1 Å². The maximum absolute atomic E-state index is 5.70. The highest BCUT2D eigenvalue weighted by Gasteiger charge is 2.25. The van der Waals surface area contributed by atoms with Crippen molar-refractivity contribution in [2.45, 2.75) is 39.0 Å². The normalized spacial score (nSPS) is 16.8. The number of benzene rings is 2. The van der Waals surface area contributed by atoms with Gasteiger partial charge in [-0.25, -0.2) is 0 Å². The van der Waals surface area contributed by atoms with Crippen molar-refractivity contribution in [1.29, 1.82) is 0 Å². The van der Waals surface area contributed by atoms with Crippen LogP contribution in [0.5, 0.6) is 11.5 Å². The number of ether oxygens (including phenoxy) is 2. The van der Waals surface area contributed by atoms with E-state index in [2.05, 4.69) is 44.8 Å². The summed E-state index contributed by atoms with van der Waals surface area (Å²) in [6.45, 7) is 6.69. The van der Waals surface area contributed by atoms with E-state index >= 15 is 0 Å². The Morgan fingerprint density at radius 2 is 1.93 bits per heavy atom. The fourth-order valence-corrected chi connectivity index (χ4v) is 3.52. The molecule has 1 saturated heterocycles. The second kappa shape index (κ2) is 10.0. The van der Waals surface area contributed by atoms with Gasteiger partial charge in [0.2, 0.25) is 0 Å². The first-order valence-electron chi connectivity index (χ1n) is 10.2. The maximum Gasteiger partial charge on any atom is 0.191 e. The Labute approximate surface area is 173 Å². The van der Waals surface area contributed by atoms with Crippen LogP contribution in [0.2, 0.25) is 0 Å². The number of aliphatic imine (C=N–C) groups is 1. The molecule has 0 aromatic heterocycles. The summed E-state index contributed by atoms with van der Waals surface area (Å²) in [6.07, 6.45) is 1.24. The van der Waals surface area contributed by atoms with Crippen LogP contribution in [0.1, 0.15) is 25.8 Å². The van der Waals surface area contributed by atoms with Gasteiger partial charge in [0.1, 0.15) is 11.5 Å². The summed E-state index contributed by atoms with van der Waals surface area (Å²) in [7, 11) is 3.53. The van der Waals surface area contributed by atoms with Crippen molar-refractivity contribution in [2.24, 2.45) is 4.99 Å².